The number of carbonyl (C=O) groups is 2. The van der Waals surface area contributed by atoms with Crippen molar-refractivity contribution >= 4 is 29.0 Å². The molecule has 4 rings (SSSR count). The van der Waals surface area contributed by atoms with E-state index in [1.807, 2.05) is 25.1 Å². The Morgan fingerprint density at radius 1 is 1.03 bits per heavy atom. The van der Waals surface area contributed by atoms with E-state index in [0.717, 1.165) is 28.9 Å². The minimum absolute atomic E-state index is 0.0447. The second-order valence-electron chi connectivity index (χ2n) is 7.66. The van der Waals surface area contributed by atoms with E-state index in [-0.39, 0.29) is 24.0 Å². The summed E-state index contributed by atoms with van der Waals surface area (Å²) in [6.07, 6.45) is 2.09. The Hall–Kier alpha value is -2.79. The summed E-state index contributed by atoms with van der Waals surface area (Å²) in [5.41, 5.74) is 4.02. The van der Waals surface area contributed by atoms with Crippen LogP contribution in [0.3, 0.4) is 0 Å². The molecule has 1 aliphatic carbocycles. The summed E-state index contributed by atoms with van der Waals surface area (Å²) in [5, 5.41) is 0.562. The Kier molecular flexibility index (Phi) is 5.56. The molecular weight excluding hydrogens is 402 g/mol. The average Bonchev–Trinajstić information content (AvgIpc) is 2.75. The second-order valence-corrected chi connectivity index (χ2v) is 8.10. The lowest BCUT2D eigenvalue weighted by Crippen LogP contribution is -2.41. The fourth-order valence-corrected chi connectivity index (χ4v) is 4.63. The monoisotopic (exact) mass is 425 g/mol. The van der Waals surface area contributed by atoms with Crippen molar-refractivity contribution in [1.82, 2.24) is 0 Å². The zero-order chi connectivity index (χ0) is 21.4. The molecular formula is C24H24ClNO4. The van der Waals surface area contributed by atoms with Crippen molar-refractivity contribution in [1.29, 1.82) is 0 Å². The van der Waals surface area contributed by atoms with Crippen molar-refractivity contribution < 1.29 is 19.1 Å². The summed E-state index contributed by atoms with van der Waals surface area (Å²) in [5.74, 6) is 0.993. The van der Waals surface area contributed by atoms with E-state index >= 15 is 0 Å². The number of hydrogen-bond acceptors (Lipinski definition) is 4. The van der Waals surface area contributed by atoms with E-state index in [4.69, 9.17) is 21.1 Å². The zero-order valence-electron chi connectivity index (χ0n) is 17.3. The number of ketones is 1. The summed E-state index contributed by atoms with van der Waals surface area (Å²) < 4.78 is 10.9. The van der Waals surface area contributed by atoms with Gasteiger partial charge in [0.1, 0.15) is 11.5 Å². The first-order valence-electron chi connectivity index (χ1n) is 10.0. The number of nitrogens with zero attached hydrogens (tertiary/aromatic N) is 1. The molecule has 0 aromatic heterocycles. The lowest BCUT2D eigenvalue weighted by Gasteiger charge is -2.39. The van der Waals surface area contributed by atoms with Crippen molar-refractivity contribution in [3.63, 3.8) is 0 Å². The third-order valence-electron chi connectivity index (χ3n) is 5.90. The van der Waals surface area contributed by atoms with E-state index in [0.29, 0.717) is 34.9 Å². The average molecular weight is 426 g/mol. The van der Waals surface area contributed by atoms with Crippen LogP contribution in [0, 0.1) is 6.92 Å². The molecule has 0 bridgehead atoms. The molecule has 1 aliphatic heterocycles. The lowest BCUT2D eigenvalue weighted by atomic mass is 9.76. The Balaban J connectivity index is 1.89. The number of benzene rings is 2. The van der Waals surface area contributed by atoms with Gasteiger partial charge in [-0.2, -0.15) is 0 Å². The van der Waals surface area contributed by atoms with Gasteiger partial charge in [0.15, 0.2) is 5.78 Å². The highest BCUT2D eigenvalue weighted by atomic mass is 35.5. The Morgan fingerprint density at radius 2 is 1.83 bits per heavy atom. The van der Waals surface area contributed by atoms with Gasteiger partial charge in [-0.25, -0.2) is 0 Å². The fourth-order valence-electron chi connectivity index (χ4n) is 4.47. The summed E-state index contributed by atoms with van der Waals surface area (Å²) in [6.45, 7) is 1.95. The molecule has 1 amide bonds. The molecule has 30 heavy (non-hydrogen) atoms. The van der Waals surface area contributed by atoms with Crippen LogP contribution in [0.15, 0.2) is 47.7 Å². The molecule has 1 unspecified atom stereocenters. The van der Waals surface area contributed by atoms with E-state index in [1.165, 1.54) is 0 Å². The van der Waals surface area contributed by atoms with E-state index in [2.05, 4.69) is 0 Å². The molecule has 5 nitrogen and oxygen atoms in total. The predicted octanol–water partition coefficient (Wildman–Crippen LogP) is 5.19. The SMILES string of the molecule is COc1ccc(C2CC(=O)N(c3cc(Cl)ccc3C)C3=C2C(=O)CCC3)c(OC)c1. The van der Waals surface area contributed by atoms with Gasteiger partial charge < -0.3 is 9.47 Å². The van der Waals surface area contributed by atoms with Crippen LogP contribution in [0.25, 0.3) is 0 Å². The zero-order valence-corrected chi connectivity index (χ0v) is 18.1. The fraction of sp³-hybridized carbons (Fsp3) is 0.333. The molecule has 0 fully saturated rings. The maximum atomic E-state index is 13.4. The second kappa shape index (κ2) is 8.15. The Labute approximate surface area is 181 Å². The number of methoxy groups -OCH3 is 2. The number of amides is 1. The van der Waals surface area contributed by atoms with Crippen LogP contribution in [0.1, 0.15) is 42.7 Å². The minimum atomic E-state index is -0.336. The van der Waals surface area contributed by atoms with Gasteiger partial charge in [0.25, 0.3) is 0 Å². The summed E-state index contributed by atoms with van der Waals surface area (Å²) >= 11 is 6.23. The molecule has 0 saturated heterocycles. The van der Waals surface area contributed by atoms with Crippen molar-refractivity contribution in [3.05, 3.63) is 63.8 Å². The highest BCUT2D eigenvalue weighted by molar-refractivity contribution is 6.31. The highest BCUT2D eigenvalue weighted by Gasteiger charge is 2.41. The van der Waals surface area contributed by atoms with Gasteiger partial charge in [0.2, 0.25) is 5.91 Å². The number of hydrogen-bond donors (Lipinski definition) is 0. The van der Waals surface area contributed by atoms with Crippen LogP contribution in [0.2, 0.25) is 5.02 Å². The molecule has 0 saturated carbocycles. The number of anilines is 1. The topological polar surface area (TPSA) is 55.8 Å². The summed E-state index contributed by atoms with van der Waals surface area (Å²) in [4.78, 5) is 28.2. The Bertz CT molecular complexity index is 1060. The van der Waals surface area contributed by atoms with Gasteiger partial charge >= 0.3 is 0 Å². The van der Waals surface area contributed by atoms with Crippen LogP contribution in [-0.2, 0) is 9.59 Å². The number of carbonyl (C=O) groups excluding carboxylic acids is 2. The molecule has 0 spiro atoms. The van der Waals surface area contributed by atoms with Crippen molar-refractivity contribution in [2.24, 2.45) is 0 Å². The maximum Gasteiger partial charge on any atom is 0.232 e. The quantitative estimate of drug-likeness (QED) is 0.676. The number of allylic oxidation sites excluding steroid dienone is 2. The van der Waals surface area contributed by atoms with Gasteiger partial charge in [0.05, 0.1) is 19.9 Å². The molecule has 2 aromatic rings. The predicted molar refractivity (Wildman–Crippen MR) is 116 cm³/mol. The summed E-state index contributed by atoms with van der Waals surface area (Å²) in [7, 11) is 3.18. The first kappa shape index (κ1) is 20.5. The van der Waals surface area contributed by atoms with Crippen LogP contribution in [-0.4, -0.2) is 25.9 Å². The number of Topliss-reactive ketones (excluding diaryl/α,β-unsaturated/α-hetero) is 1. The molecule has 2 aliphatic rings. The first-order valence-corrected chi connectivity index (χ1v) is 10.4. The van der Waals surface area contributed by atoms with E-state index < -0.39 is 0 Å². The van der Waals surface area contributed by atoms with Crippen molar-refractivity contribution in [3.8, 4) is 11.5 Å². The van der Waals surface area contributed by atoms with Crippen LogP contribution < -0.4 is 14.4 Å². The highest BCUT2D eigenvalue weighted by Crippen LogP contribution is 2.46. The number of ether oxygens (including phenoxy) is 2. The Morgan fingerprint density at radius 3 is 2.57 bits per heavy atom. The molecule has 1 atom stereocenters. The normalized spacial score (nSPS) is 19.1. The van der Waals surface area contributed by atoms with Gasteiger partial charge in [-0.15, -0.1) is 0 Å². The summed E-state index contributed by atoms with van der Waals surface area (Å²) in [6, 6.07) is 11.0. The van der Waals surface area contributed by atoms with Crippen LogP contribution >= 0.6 is 11.6 Å². The molecule has 156 valence electrons. The standard InChI is InChI=1S/C24H24ClNO4/c1-14-7-8-15(25)11-20(14)26-19-5-4-6-21(27)24(19)18(13-23(26)28)17-10-9-16(29-2)12-22(17)30-3/h7-12,18H,4-6,13H2,1-3H3. The third-order valence-corrected chi connectivity index (χ3v) is 6.14. The largest absolute Gasteiger partial charge is 0.497 e. The molecule has 1 heterocycles. The maximum absolute atomic E-state index is 13.4. The van der Waals surface area contributed by atoms with Crippen molar-refractivity contribution in [2.45, 2.75) is 38.5 Å². The lowest BCUT2D eigenvalue weighted by molar-refractivity contribution is -0.119. The van der Waals surface area contributed by atoms with Gasteiger partial charge in [-0.3, -0.25) is 14.5 Å². The third kappa shape index (κ3) is 3.47. The van der Waals surface area contributed by atoms with Gasteiger partial charge in [0, 0.05) is 46.7 Å². The molecule has 6 heteroatoms. The van der Waals surface area contributed by atoms with Crippen molar-refractivity contribution in [2.75, 3.05) is 19.1 Å². The molecule has 0 N–H and O–H groups in total. The smallest absolute Gasteiger partial charge is 0.232 e. The van der Waals surface area contributed by atoms with E-state index in [9.17, 15) is 9.59 Å². The molecule has 2 aromatic carbocycles. The minimum Gasteiger partial charge on any atom is -0.497 e. The van der Waals surface area contributed by atoms with E-state index in [1.54, 1.807) is 37.3 Å². The van der Waals surface area contributed by atoms with Crippen LogP contribution in [0.5, 0.6) is 11.5 Å². The molecule has 0 radical (unpaired) electrons. The van der Waals surface area contributed by atoms with Gasteiger partial charge in [-0.05, 0) is 43.5 Å². The number of halogens is 1. The first-order chi connectivity index (χ1) is 14.4. The number of aryl methyl sites for hydroxylation is 1. The number of rotatable bonds is 4. The van der Waals surface area contributed by atoms with Gasteiger partial charge in [-0.1, -0.05) is 23.7 Å². The van der Waals surface area contributed by atoms with Crippen LogP contribution in [0.4, 0.5) is 5.69 Å².